The number of esters is 1. The maximum Gasteiger partial charge on any atom is 0.344 e. The fourth-order valence-electron chi connectivity index (χ4n) is 1.85. The second-order valence-electron chi connectivity index (χ2n) is 4.64. The van der Waals surface area contributed by atoms with E-state index in [2.05, 4.69) is 15.5 Å². The molecule has 0 fully saturated rings. The molecular weight excluding hydrogens is 330 g/mol. The highest BCUT2D eigenvalue weighted by Crippen LogP contribution is 2.30. The van der Waals surface area contributed by atoms with Gasteiger partial charge in [0.15, 0.2) is 18.1 Å². The molecule has 8 heteroatoms. The van der Waals surface area contributed by atoms with Gasteiger partial charge in [0, 0.05) is 10.9 Å². The number of nitrogens with zero attached hydrogens (tertiary/aromatic N) is 2. The first-order chi connectivity index (χ1) is 11.6. The molecule has 0 aliphatic heterocycles. The predicted molar refractivity (Wildman–Crippen MR) is 93.2 cm³/mol. The Morgan fingerprint density at radius 2 is 2.29 bits per heavy atom. The number of carbonyl (C=O) groups excluding carboxylic acids is 1. The van der Waals surface area contributed by atoms with Crippen molar-refractivity contribution in [3.63, 3.8) is 0 Å². The van der Waals surface area contributed by atoms with Gasteiger partial charge in [-0.05, 0) is 26.0 Å². The van der Waals surface area contributed by atoms with Crippen molar-refractivity contribution < 1.29 is 19.0 Å². The van der Waals surface area contributed by atoms with Crippen molar-refractivity contribution in [2.45, 2.75) is 13.8 Å². The van der Waals surface area contributed by atoms with Gasteiger partial charge >= 0.3 is 5.97 Å². The number of hydrazone groups is 1. The molecule has 0 saturated heterocycles. The van der Waals surface area contributed by atoms with E-state index in [4.69, 9.17) is 14.2 Å². The normalized spacial score (nSPS) is 10.6. The number of nitrogens with one attached hydrogen (secondary N) is 1. The number of anilines is 1. The summed E-state index contributed by atoms with van der Waals surface area (Å²) in [5.74, 6) is 0.491. The van der Waals surface area contributed by atoms with Gasteiger partial charge in [0.1, 0.15) is 0 Å². The molecule has 0 aliphatic rings. The number of aryl methyl sites for hydroxylation is 1. The van der Waals surface area contributed by atoms with Crippen LogP contribution in [-0.2, 0) is 9.53 Å². The van der Waals surface area contributed by atoms with Crippen LogP contribution < -0.4 is 14.9 Å². The first-order valence-corrected chi connectivity index (χ1v) is 8.18. The van der Waals surface area contributed by atoms with Crippen molar-refractivity contribution in [2.24, 2.45) is 5.10 Å². The fourth-order valence-corrected chi connectivity index (χ4v) is 2.48. The maximum atomic E-state index is 11.5. The van der Waals surface area contributed by atoms with Crippen molar-refractivity contribution in [1.29, 1.82) is 0 Å². The molecule has 2 aromatic rings. The number of ether oxygens (including phenoxy) is 3. The zero-order valence-electron chi connectivity index (χ0n) is 13.7. The Morgan fingerprint density at radius 1 is 1.46 bits per heavy atom. The van der Waals surface area contributed by atoms with Crippen LogP contribution in [0.25, 0.3) is 0 Å². The molecule has 24 heavy (non-hydrogen) atoms. The number of methoxy groups -OCH3 is 1. The van der Waals surface area contributed by atoms with Crippen LogP contribution in [0.2, 0.25) is 0 Å². The van der Waals surface area contributed by atoms with Crippen molar-refractivity contribution in [2.75, 3.05) is 25.7 Å². The summed E-state index contributed by atoms with van der Waals surface area (Å²) in [5, 5.41) is 6.77. The third-order valence-electron chi connectivity index (χ3n) is 2.85. The average Bonchev–Trinajstić information content (AvgIpc) is 2.99. The van der Waals surface area contributed by atoms with Gasteiger partial charge in [0.05, 0.1) is 25.6 Å². The highest BCUT2D eigenvalue weighted by atomic mass is 32.1. The maximum absolute atomic E-state index is 11.5. The van der Waals surface area contributed by atoms with Crippen LogP contribution in [0.15, 0.2) is 28.7 Å². The molecule has 1 aromatic heterocycles. The first kappa shape index (κ1) is 17.7. The van der Waals surface area contributed by atoms with E-state index in [9.17, 15) is 4.79 Å². The zero-order chi connectivity index (χ0) is 17.4. The minimum absolute atomic E-state index is 0.200. The van der Waals surface area contributed by atoms with Crippen molar-refractivity contribution in [3.8, 4) is 11.5 Å². The minimum Gasteiger partial charge on any atom is -0.493 e. The van der Waals surface area contributed by atoms with E-state index in [1.165, 1.54) is 18.4 Å². The Balaban J connectivity index is 2.11. The summed E-state index contributed by atoms with van der Waals surface area (Å²) in [6.45, 7) is 3.76. The number of rotatable bonds is 8. The lowest BCUT2D eigenvalue weighted by Gasteiger charge is -2.12. The van der Waals surface area contributed by atoms with Gasteiger partial charge in [-0.2, -0.15) is 5.10 Å². The average molecular weight is 349 g/mol. The number of thiazole rings is 1. The molecule has 0 unspecified atom stereocenters. The lowest BCUT2D eigenvalue weighted by Crippen LogP contribution is -2.15. The summed E-state index contributed by atoms with van der Waals surface area (Å²) in [6, 6.07) is 5.36. The lowest BCUT2D eigenvalue weighted by molar-refractivity contribution is -0.145. The van der Waals surface area contributed by atoms with Crippen LogP contribution >= 0.6 is 11.3 Å². The standard InChI is InChI=1S/C16H19N3O4S/c1-4-22-14(20)9-23-15-12(6-5-7-13(15)21-3)8-17-19-16-18-11(2)10-24-16/h5-8,10H,4,9H2,1-3H3,(H,18,19). The van der Waals surface area contributed by atoms with E-state index >= 15 is 0 Å². The number of hydrogen-bond acceptors (Lipinski definition) is 8. The smallest absolute Gasteiger partial charge is 0.344 e. The first-order valence-electron chi connectivity index (χ1n) is 7.30. The Hall–Kier alpha value is -2.61. The number of benzene rings is 1. The highest BCUT2D eigenvalue weighted by Gasteiger charge is 2.12. The second-order valence-corrected chi connectivity index (χ2v) is 5.49. The number of carbonyl (C=O) groups is 1. The molecule has 0 saturated carbocycles. The summed E-state index contributed by atoms with van der Waals surface area (Å²) in [5.41, 5.74) is 4.45. The van der Waals surface area contributed by atoms with Gasteiger partial charge in [-0.15, -0.1) is 11.3 Å². The van der Waals surface area contributed by atoms with Crippen molar-refractivity contribution in [3.05, 3.63) is 34.8 Å². The Bertz CT molecular complexity index is 715. The van der Waals surface area contributed by atoms with Crippen LogP contribution in [0.1, 0.15) is 18.2 Å². The highest BCUT2D eigenvalue weighted by molar-refractivity contribution is 7.13. The third kappa shape index (κ3) is 4.95. The Morgan fingerprint density at radius 3 is 2.96 bits per heavy atom. The van der Waals surface area contributed by atoms with E-state index in [1.807, 2.05) is 18.4 Å². The fraction of sp³-hybridized carbons (Fsp3) is 0.312. The Kier molecular flexibility index (Phi) is 6.56. The molecule has 1 N–H and O–H groups in total. The molecule has 7 nitrogen and oxygen atoms in total. The molecule has 0 atom stereocenters. The van der Waals surface area contributed by atoms with Gasteiger partial charge in [0.25, 0.3) is 0 Å². The predicted octanol–water partition coefficient (Wildman–Crippen LogP) is 2.85. The van der Waals surface area contributed by atoms with E-state index in [-0.39, 0.29) is 6.61 Å². The molecule has 0 aliphatic carbocycles. The van der Waals surface area contributed by atoms with Gasteiger partial charge in [-0.1, -0.05) is 6.07 Å². The molecular formula is C16H19N3O4S. The minimum atomic E-state index is -0.442. The summed E-state index contributed by atoms with van der Waals surface area (Å²) >= 11 is 1.46. The van der Waals surface area contributed by atoms with Gasteiger partial charge in [-0.3, -0.25) is 5.43 Å². The monoisotopic (exact) mass is 349 g/mol. The van der Waals surface area contributed by atoms with Crippen LogP contribution in [-0.4, -0.2) is 37.5 Å². The lowest BCUT2D eigenvalue weighted by atomic mass is 10.2. The van der Waals surface area contributed by atoms with Crippen molar-refractivity contribution >= 4 is 28.7 Å². The summed E-state index contributed by atoms with van der Waals surface area (Å²) in [4.78, 5) is 15.7. The van der Waals surface area contributed by atoms with Crippen LogP contribution in [0.4, 0.5) is 5.13 Å². The molecule has 128 valence electrons. The SMILES string of the molecule is CCOC(=O)COc1c(C=NNc2nc(C)cs2)cccc1OC. The number of para-hydroxylation sites is 1. The molecule has 0 bridgehead atoms. The largest absolute Gasteiger partial charge is 0.493 e. The quantitative estimate of drug-likeness (QED) is 0.448. The zero-order valence-corrected chi connectivity index (χ0v) is 14.6. The van der Waals surface area contributed by atoms with Crippen LogP contribution in [0, 0.1) is 6.92 Å². The molecule has 0 radical (unpaired) electrons. The molecule has 0 spiro atoms. The van der Waals surface area contributed by atoms with E-state index in [0.717, 1.165) is 5.69 Å². The summed E-state index contributed by atoms with van der Waals surface area (Å²) in [6.07, 6.45) is 1.58. The third-order valence-corrected chi connectivity index (χ3v) is 3.72. The van der Waals surface area contributed by atoms with Gasteiger partial charge in [0.2, 0.25) is 5.13 Å². The topological polar surface area (TPSA) is 82.0 Å². The summed E-state index contributed by atoms with van der Waals surface area (Å²) in [7, 11) is 1.53. The van der Waals surface area contributed by atoms with Gasteiger partial charge in [-0.25, -0.2) is 9.78 Å². The summed E-state index contributed by atoms with van der Waals surface area (Å²) < 4.78 is 15.7. The van der Waals surface area contributed by atoms with E-state index in [1.54, 1.807) is 25.3 Å². The molecule has 2 rings (SSSR count). The number of hydrogen-bond donors (Lipinski definition) is 1. The molecule has 0 amide bonds. The molecule has 1 heterocycles. The van der Waals surface area contributed by atoms with Crippen molar-refractivity contribution in [1.82, 2.24) is 4.98 Å². The van der Waals surface area contributed by atoms with Crippen LogP contribution in [0.5, 0.6) is 11.5 Å². The van der Waals surface area contributed by atoms with Crippen LogP contribution in [0.3, 0.4) is 0 Å². The molecule has 1 aromatic carbocycles. The second kappa shape index (κ2) is 8.88. The number of aromatic nitrogens is 1. The van der Waals surface area contributed by atoms with E-state index in [0.29, 0.717) is 28.8 Å². The van der Waals surface area contributed by atoms with Gasteiger partial charge < -0.3 is 14.2 Å². The Labute approximate surface area is 144 Å². The van der Waals surface area contributed by atoms with E-state index < -0.39 is 5.97 Å².